The fourth-order valence-corrected chi connectivity index (χ4v) is 2.99. The normalized spacial score (nSPS) is 19.0. The molecule has 5 nitrogen and oxygen atoms in total. The van der Waals surface area contributed by atoms with Gasteiger partial charge in [-0.15, -0.1) is 0 Å². The molecule has 0 aromatic heterocycles. The Morgan fingerprint density at radius 1 is 1.33 bits per heavy atom. The van der Waals surface area contributed by atoms with Crippen molar-refractivity contribution < 1.29 is 18.8 Å². The summed E-state index contributed by atoms with van der Waals surface area (Å²) in [6.07, 6.45) is 1.65. The molecule has 0 radical (unpaired) electrons. The van der Waals surface area contributed by atoms with E-state index in [2.05, 4.69) is 4.40 Å². The lowest BCUT2D eigenvalue weighted by Gasteiger charge is -2.26. The van der Waals surface area contributed by atoms with Crippen LogP contribution in [0.1, 0.15) is 51.3 Å². The molecule has 0 N–H and O–H groups in total. The van der Waals surface area contributed by atoms with Crippen LogP contribution < -0.4 is 4.74 Å². The summed E-state index contributed by atoms with van der Waals surface area (Å²) in [7, 11) is 0. The zero-order valence-electron chi connectivity index (χ0n) is 15.3. The first-order chi connectivity index (χ1) is 11.2. The lowest BCUT2D eigenvalue weighted by Crippen LogP contribution is -2.26. The molecule has 1 saturated heterocycles. The van der Waals surface area contributed by atoms with Crippen molar-refractivity contribution in [2.24, 2.45) is 4.40 Å². The Bertz CT molecular complexity index is 604. The van der Waals surface area contributed by atoms with Gasteiger partial charge in [-0.25, -0.2) is 0 Å². The van der Waals surface area contributed by atoms with Crippen molar-refractivity contribution in [3.63, 3.8) is 0 Å². The molecule has 1 heterocycles. The standard InChI is InChI=1S/C18H27NO4S/c1-7-21-16-13(2)14(12-19-24(20)17(3,4)5)8-9-15(16)18(6)22-10-11-23-18/h8-9,12H,7,10-11H2,1-6H3. The molecule has 1 aromatic carbocycles. The maximum Gasteiger partial charge on any atom is 0.195 e. The molecule has 0 bridgehead atoms. The first-order valence-corrected chi connectivity index (χ1v) is 9.30. The lowest BCUT2D eigenvalue weighted by atomic mass is 9.99. The summed E-state index contributed by atoms with van der Waals surface area (Å²) in [5.41, 5.74) is 2.68. The van der Waals surface area contributed by atoms with Crippen molar-refractivity contribution in [3.8, 4) is 5.75 Å². The number of hydrogen-bond donors (Lipinski definition) is 0. The highest BCUT2D eigenvalue weighted by molar-refractivity contribution is 7.91. The molecule has 1 aromatic rings. The van der Waals surface area contributed by atoms with Crippen molar-refractivity contribution in [2.45, 2.75) is 52.1 Å². The summed E-state index contributed by atoms with van der Waals surface area (Å²) in [5, 5.41) is 0. The Balaban J connectivity index is 2.39. The highest BCUT2D eigenvalue weighted by Crippen LogP contribution is 2.39. The number of benzene rings is 1. The molecule has 1 atom stereocenters. The van der Waals surface area contributed by atoms with Crippen LogP contribution in [-0.2, 0) is 26.6 Å². The molecule has 1 aliphatic rings. The molecule has 1 unspecified atom stereocenters. The van der Waals surface area contributed by atoms with Gasteiger partial charge in [0, 0.05) is 11.1 Å². The summed E-state index contributed by atoms with van der Waals surface area (Å²) in [6, 6.07) is 3.87. The molecular formula is C18H27NO4S. The van der Waals surface area contributed by atoms with Crippen molar-refractivity contribution >= 4 is 17.6 Å². The van der Waals surface area contributed by atoms with Gasteiger partial charge in [0.05, 0.1) is 31.6 Å². The molecule has 1 aliphatic heterocycles. The summed E-state index contributed by atoms with van der Waals surface area (Å²) < 4.78 is 33.3. The zero-order chi connectivity index (χ0) is 18.0. The maximum atomic E-state index is 12.1. The Hall–Kier alpha value is -1.08. The van der Waals surface area contributed by atoms with E-state index in [-0.39, 0.29) is 4.75 Å². The van der Waals surface area contributed by atoms with Gasteiger partial charge in [0.25, 0.3) is 0 Å². The van der Waals surface area contributed by atoms with Gasteiger partial charge >= 0.3 is 0 Å². The Kier molecular flexibility index (Phi) is 5.96. The van der Waals surface area contributed by atoms with Gasteiger partial charge in [0.2, 0.25) is 0 Å². The van der Waals surface area contributed by atoms with Gasteiger partial charge in [-0.3, -0.25) is 0 Å². The molecule has 0 amide bonds. The molecule has 0 aliphatic carbocycles. The van der Waals surface area contributed by atoms with Gasteiger partial charge in [0.15, 0.2) is 5.79 Å². The number of nitrogens with zero attached hydrogens (tertiary/aromatic N) is 1. The van der Waals surface area contributed by atoms with E-state index in [0.29, 0.717) is 19.8 Å². The van der Waals surface area contributed by atoms with Crippen LogP contribution in [0.15, 0.2) is 16.5 Å². The van der Waals surface area contributed by atoms with Crippen molar-refractivity contribution in [3.05, 3.63) is 28.8 Å². The van der Waals surface area contributed by atoms with E-state index in [0.717, 1.165) is 22.4 Å². The second-order valence-electron chi connectivity index (χ2n) is 6.83. The van der Waals surface area contributed by atoms with Gasteiger partial charge in [0.1, 0.15) is 21.9 Å². The Morgan fingerprint density at radius 3 is 2.50 bits per heavy atom. The first-order valence-electron chi connectivity index (χ1n) is 8.20. The maximum absolute atomic E-state index is 12.1. The molecule has 134 valence electrons. The summed E-state index contributed by atoms with van der Waals surface area (Å²) in [4.78, 5) is 0. The monoisotopic (exact) mass is 353 g/mol. The van der Waals surface area contributed by atoms with Crippen LogP contribution in [0.5, 0.6) is 5.75 Å². The lowest BCUT2D eigenvalue weighted by molar-refractivity contribution is -0.150. The summed E-state index contributed by atoms with van der Waals surface area (Å²) >= 11 is -1.29. The van der Waals surface area contributed by atoms with E-state index < -0.39 is 17.1 Å². The predicted octanol–water partition coefficient (Wildman–Crippen LogP) is 3.49. The molecule has 1 fully saturated rings. The van der Waals surface area contributed by atoms with Crippen LogP contribution in [0, 0.1) is 6.92 Å². The van der Waals surface area contributed by atoms with E-state index in [1.807, 2.05) is 53.7 Å². The molecule has 6 heteroatoms. The van der Waals surface area contributed by atoms with Gasteiger partial charge < -0.3 is 18.8 Å². The highest BCUT2D eigenvalue weighted by atomic mass is 32.2. The van der Waals surface area contributed by atoms with E-state index in [1.54, 1.807) is 6.21 Å². The van der Waals surface area contributed by atoms with Gasteiger partial charge in [-0.2, -0.15) is 0 Å². The largest absolute Gasteiger partial charge is 0.591 e. The average molecular weight is 353 g/mol. The fourth-order valence-electron chi connectivity index (χ4n) is 2.47. The van der Waals surface area contributed by atoms with E-state index in [1.165, 1.54) is 0 Å². The highest BCUT2D eigenvalue weighted by Gasteiger charge is 2.36. The summed E-state index contributed by atoms with van der Waals surface area (Å²) in [6.45, 7) is 13.2. The zero-order valence-corrected chi connectivity index (χ0v) is 16.2. The van der Waals surface area contributed by atoms with Crippen LogP contribution in [-0.4, -0.2) is 35.3 Å². The second-order valence-corrected chi connectivity index (χ2v) is 8.76. The average Bonchev–Trinajstić information content (AvgIpc) is 2.94. The predicted molar refractivity (Wildman–Crippen MR) is 97.1 cm³/mol. The Labute approximate surface area is 147 Å². The van der Waals surface area contributed by atoms with Gasteiger partial charge in [-0.05, 0) is 47.6 Å². The summed E-state index contributed by atoms with van der Waals surface area (Å²) in [5.74, 6) is -0.0495. The topological polar surface area (TPSA) is 63.1 Å². The quantitative estimate of drug-likeness (QED) is 0.600. The second kappa shape index (κ2) is 7.44. The third kappa shape index (κ3) is 4.11. The molecule has 2 rings (SSSR count). The fraction of sp³-hybridized carbons (Fsp3) is 0.611. The molecule has 0 saturated carbocycles. The molecule has 0 spiro atoms. The van der Waals surface area contributed by atoms with Crippen molar-refractivity contribution in [1.29, 1.82) is 0 Å². The third-order valence-corrected chi connectivity index (χ3v) is 5.22. The van der Waals surface area contributed by atoms with Crippen LogP contribution in [0.2, 0.25) is 0 Å². The molecule has 24 heavy (non-hydrogen) atoms. The number of ether oxygens (including phenoxy) is 3. The van der Waals surface area contributed by atoms with E-state index in [9.17, 15) is 4.55 Å². The van der Waals surface area contributed by atoms with Crippen LogP contribution >= 0.6 is 0 Å². The van der Waals surface area contributed by atoms with Crippen LogP contribution in [0.4, 0.5) is 0 Å². The smallest absolute Gasteiger partial charge is 0.195 e. The van der Waals surface area contributed by atoms with E-state index >= 15 is 0 Å². The third-order valence-electron chi connectivity index (χ3n) is 3.88. The molecular weight excluding hydrogens is 326 g/mol. The minimum atomic E-state index is -1.29. The van der Waals surface area contributed by atoms with Crippen LogP contribution in [0.3, 0.4) is 0 Å². The Morgan fingerprint density at radius 2 is 1.96 bits per heavy atom. The number of rotatable bonds is 5. The minimum Gasteiger partial charge on any atom is -0.591 e. The van der Waals surface area contributed by atoms with Gasteiger partial charge in [-0.1, -0.05) is 10.5 Å². The minimum absolute atomic E-state index is 0.383. The first kappa shape index (κ1) is 19.2. The SMILES string of the molecule is CCOc1c(C2(C)OCCO2)ccc(C=N[S+]([O-])C(C)(C)C)c1C. The van der Waals surface area contributed by atoms with Crippen LogP contribution in [0.25, 0.3) is 0 Å². The van der Waals surface area contributed by atoms with E-state index in [4.69, 9.17) is 14.2 Å². The van der Waals surface area contributed by atoms with Crippen molar-refractivity contribution in [2.75, 3.05) is 19.8 Å². The van der Waals surface area contributed by atoms with Crippen molar-refractivity contribution in [1.82, 2.24) is 0 Å². The number of hydrogen-bond acceptors (Lipinski definition) is 5.